The third-order valence-corrected chi connectivity index (χ3v) is 4.56. The van der Waals surface area contributed by atoms with Crippen LogP contribution in [0.2, 0.25) is 0 Å². The summed E-state index contributed by atoms with van der Waals surface area (Å²) >= 11 is 4.66. The van der Waals surface area contributed by atoms with Gasteiger partial charge in [-0.2, -0.15) is 74.6 Å². The molecule has 0 aliphatic heterocycles. The summed E-state index contributed by atoms with van der Waals surface area (Å²) in [6.07, 6.45) is -7.83. The second-order valence-corrected chi connectivity index (χ2v) is 6.57. The van der Waals surface area contributed by atoms with Crippen LogP contribution in [0.15, 0.2) is 0 Å². The average Bonchev–Trinajstić information content (AvgIpc) is 2.57. The maximum Gasteiger partial charge on any atom is 0.460 e. The van der Waals surface area contributed by atoms with E-state index in [-0.39, 0.29) is 0 Å². The van der Waals surface area contributed by atoms with Crippen molar-refractivity contribution in [3.63, 3.8) is 0 Å². The van der Waals surface area contributed by atoms with Gasteiger partial charge in [0.2, 0.25) is 0 Å². The highest BCUT2D eigenvalue weighted by Crippen LogP contribution is 2.64. The van der Waals surface area contributed by atoms with Crippen LogP contribution in [0.3, 0.4) is 0 Å². The van der Waals surface area contributed by atoms with E-state index in [0.717, 1.165) is 0 Å². The summed E-state index contributed by atoms with van der Waals surface area (Å²) < 4.78 is 222. The van der Waals surface area contributed by atoms with Crippen molar-refractivity contribution >= 4 is 17.6 Å². The summed E-state index contributed by atoms with van der Waals surface area (Å²) in [5.74, 6) is -64.1. The van der Waals surface area contributed by atoms with Gasteiger partial charge in [-0.05, 0) is 0 Å². The highest BCUT2D eigenvalue weighted by molar-refractivity contribution is 6.29. The molecule has 0 saturated carbocycles. The Morgan fingerprint density at radius 3 is 1.09 bits per heavy atom. The summed E-state index contributed by atoms with van der Waals surface area (Å²) in [5.41, 5.74) is 0. The Labute approximate surface area is 169 Å². The maximum absolute atomic E-state index is 13.7. The molecular formula is C12H6ClF17O2. The van der Waals surface area contributed by atoms with E-state index in [0.29, 0.717) is 0 Å². The van der Waals surface area contributed by atoms with Crippen molar-refractivity contribution in [2.75, 3.05) is 0 Å². The molecule has 0 aromatic heterocycles. The minimum absolute atomic E-state index is 0.418. The van der Waals surface area contributed by atoms with Crippen LogP contribution in [-0.2, 0) is 4.79 Å². The predicted molar refractivity (Wildman–Crippen MR) is 67.1 cm³/mol. The van der Waals surface area contributed by atoms with Gasteiger partial charge in [0.15, 0.2) is 0 Å². The zero-order valence-corrected chi connectivity index (χ0v) is 15.1. The van der Waals surface area contributed by atoms with Crippen LogP contribution in [0, 0.1) is 5.92 Å². The van der Waals surface area contributed by atoms with Gasteiger partial charge >= 0.3 is 53.6 Å². The Morgan fingerprint density at radius 2 is 0.844 bits per heavy atom. The van der Waals surface area contributed by atoms with Gasteiger partial charge in [0.1, 0.15) is 5.38 Å². The van der Waals surface area contributed by atoms with E-state index < -0.39 is 71.8 Å². The summed E-state index contributed by atoms with van der Waals surface area (Å²) in [6.45, 7) is -0.418. The molecule has 1 N–H and O–H groups in total. The minimum atomic E-state index is -8.74. The molecular weight excluding hydrogens is 535 g/mol. The highest BCUT2D eigenvalue weighted by Gasteiger charge is 2.95. The SMILES string of the molecule is CC(C(Cl)C(=O)O)C(F)(F)C(F)(F)C(F)(F)C(F)(F)C(F)(F)C(F)(F)C(F)(F)C(F)(F)F. The molecule has 0 amide bonds. The van der Waals surface area contributed by atoms with Crippen molar-refractivity contribution < 1.29 is 84.5 Å². The Kier molecular flexibility index (Phi) is 7.47. The number of carbonyl (C=O) groups is 1. The Hall–Kier alpha value is -1.43. The van der Waals surface area contributed by atoms with Crippen molar-refractivity contribution in [1.29, 1.82) is 0 Å². The van der Waals surface area contributed by atoms with E-state index in [1.54, 1.807) is 0 Å². The van der Waals surface area contributed by atoms with Crippen LogP contribution in [-0.4, -0.2) is 64.1 Å². The standard InChI is InChI=1S/C12H6ClF17O2/c1-2(3(13)4(31)32)5(14,15)6(16,17)7(18,19)8(20,21)9(22,23)10(24,25)11(26,27)12(28,29)30/h2-3H,1H3,(H,31,32). The molecule has 0 radical (unpaired) electrons. The topological polar surface area (TPSA) is 37.3 Å². The lowest BCUT2D eigenvalue weighted by molar-refractivity contribution is -0.463. The molecule has 0 spiro atoms. The summed E-state index contributed by atoms with van der Waals surface area (Å²) in [7, 11) is 0. The van der Waals surface area contributed by atoms with Gasteiger partial charge in [-0.1, -0.05) is 6.92 Å². The van der Waals surface area contributed by atoms with Crippen LogP contribution in [0.5, 0.6) is 0 Å². The number of halogens is 18. The van der Waals surface area contributed by atoms with Gasteiger partial charge in [-0.15, -0.1) is 11.6 Å². The van der Waals surface area contributed by atoms with Crippen LogP contribution in [0.1, 0.15) is 6.92 Å². The number of hydrogen-bond acceptors (Lipinski definition) is 1. The van der Waals surface area contributed by atoms with Gasteiger partial charge in [0.25, 0.3) is 0 Å². The fraction of sp³-hybridized carbons (Fsp3) is 0.917. The van der Waals surface area contributed by atoms with Crippen LogP contribution >= 0.6 is 11.6 Å². The fourth-order valence-corrected chi connectivity index (χ4v) is 2.02. The Morgan fingerprint density at radius 1 is 0.594 bits per heavy atom. The van der Waals surface area contributed by atoms with Gasteiger partial charge < -0.3 is 5.11 Å². The van der Waals surface area contributed by atoms with E-state index in [2.05, 4.69) is 11.6 Å². The third kappa shape index (κ3) is 3.80. The molecule has 0 aromatic rings. The lowest BCUT2D eigenvalue weighted by atomic mass is 9.84. The van der Waals surface area contributed by atoms with Crippen LogP contribution in [0.25, 0.3) is 0 Å². The largest absolute Gasteiger partial charge is 0.480 e. The third-order valence-electron chi connectivity index (χ3n) is 3.99. The first kappa shape index (κ1) is 30.6. The predicted octanol–water partition coefficient (Wildman–Crippen LogP) is 6.32. The highest BCUT2D eigenvalue weighted by atomic mass is 35.5. The number of hydrogen-bond donors (Lipinski definition) is 1. The van der Waals surface area contributed by atoms with Gasteiger partial charge in [0.05, 0.1) is 5.92 Å². The Balaban J connectivity index is 6.81. The lowest BCUT2D eigenvalue weighted by Crippen LogP contribution is -2.75. The molecule has 0 aromatic carbocycles. The van der Waals surface area contributed by atoms with E-state index in [1.165, 1.54) is 0 Å². The van der Waals surface area contributed by atoms with E-state index in [1.807, 2.05) is 0 Å². The lowest BCUT2D eigenvalue weighted by Gasteiger charge is -2.43. The molecule has 0 aliphatic carbocycles. The minimum Gasteiger partial charge on any atom is -0.480 e. The first-order chi connectivity index (χ1) is 13.5. The number of carboxylic acids is 1. The fourth-order valence-electron chi connectivity index (χ4n) is 1.86. The quantitative estimate of drug-likeness (QED) is 0.274. The number of rotatable bonds is 9. The first-order valence-electron chi connectivity index (χ1n) is 7.10. The second-order valence-electron chi connectivity index (χ2n) is 6.10. The number of aliphatic carboxylic acids is 1. The molecule has 2 nitrogen and oxygen atoms in total. The van der Waals surface area contributed by atoms with Crippen molar-refractivity contribution in [3.8, 4) is 0 Å². The molecule has 0 heterocycles. The molecule has 0 saturated heterocycles. The van der Waals surface area contributed by atoms with Crippen molar-refractivity contribution in [1.82, 2.24) is 0 Å². The van der Waals surface area contributed by atoms with E-state index >= 15 is 0 Å². The molecule has 0 rings (SSSR count). The monoisotopic (exact) mass is 540 g/mol. The summed E-state index contributed by atoms with van der Waals surface area (Å²) in [6, 6.07) is 0. The van der Waals surface area contributed by atoms with Crippen LogP contribution < -0.4 is 0 Å². The van der Waals surface area contributed by atoms with Crippen molar-refractivity contribution in [2.45, 2.75) is 59.9 Å². The molecule has 0 fully saturated rings. The van der Waals surface area contributed by atoms with Crippen molar-refractivity contribution in [3.05, 3.63) is 0 Å². The molecule has 192 valence electrons. The van der Waals surface area contributed by atoms with Gasteiger partial charge in [-0.25, -0.2) is 0 Å². The van der Waals surface area contributed by atoms with Gasteiger partial charge in [-0.3, -0.25) is 4.79 Å². The molecule has 0 aliphatic rings. The van der Waals surface area contributed by atoms with E-state index in [4.69, 9.17) is 5.11 Å². The van der Waals surface area contributed by atoms with E-state index in [9.17, 15) is 79.4 Å². The molecule has 0 bridgehead atoms. The maximum atomic E-state index is 13.7. The first-order valence-corrected chi connectivity index (χ1v) is 7.53. The second kappa shape index (κ2) is 7.82. The smallest absolute Gasteiger partial charge is 0.460 e. The molecule has 20 heteroatoms. The molecule has 32 heavy (non-hydrogen) atoms. The van der Waals surface area contributed by atoms with Crippen molar-refractivity contribution in [2.24, 2.45) is 5.92 Å². The number of alkyl halides is 18. The summed E-state index contributed by atoms with van der Waals surface area (Å²) in [5, 5.41) is 4.97. The van der Waals surface area contributed by atoms with Gasteiger partial charge in [0, 0.05) is 0 Å². The average molecular weight is 541 g/mol. The number of carboxylic acid groups (broad SMARTS) is 1. The van der Waals surface area contributed by atoms with Crippen LogP contribution in [0.4, 0.5) is 74.6 Å². The molecule has 2 atom stereocenters. The molecule has 2 unspecified atom stereocenters. The summed E-state index contributed by atoms with van der Waals surface area (Å²) in [4.78, 5) is 10.4. The normalized spacial score (nSPS) is 17.8. The Bertz CT molecular complexity index is 713. The zero-order valence-electron chi connectivity index (χ0n) is 14.3. The zero-order chi connectivity index (χ0) is 26.7.